The van der Waals surface area contributed by atoms with Gasteiger partial charge in [0.1, 0.15) is 5.75 Å². The summed E-state index contributed by atoms with van der Waals surface area (Å²) in [4.78, 5) is 26.2. The number of thioether (sulfide) groups is 1. The molecule has 0 saturated carbocycles. The molecule has 0 spiro atoms. The first-order chi connectivity index (χ1) is 12.5. The number of benzene rings is 2. The van der Waals surface area contributed by atoms with Crippen LogP contribution in [0.2, 0.25) is 10.0 Å². The predicted molar refractivity (Wildman–Crippen MR) is 106 cm³/mol. The maximum absolute atomic E-state index is 12.6. The van der Waals surface area contributed by atoms with Gasteiger partial charge in [-0.1, -0.05) is 41.4 Å². The number of nitrogens with zero attached hydrogens (tertiary/aromatic N) is 1. The molecule has 1 aliphatic rings. The number of para-hydroxylation sites is 1. The molecule has 5 nitrogen and oxygen atoms in total. The summed E-state index contributed by atoms with van der Waals surface area (Å²) in [5.41, 5.74) is 1.39. The van der Waals surface area contributed by atoms with Crippen molar-refractivity contribution in [2.24, 2.45) is 0 Å². The van der Waals surface area contributed by atoms with Crippen LogP contribution in [0.4, 0.5) is 10.5 Å². The van der Waals surface area contributed by atoms with Gasteiger partial charge in [-0.15, -0.1) is 0 Å². The lowest BCUT2D eigenvalue weighted by Crippen LogP contribution is -2.33. The fourth-order valence-corrected chi connectivity index (χ4v) is 3.47. The Balaban J connectivity index is 1.74. The van der Waals surface area contributed by atoms with E-state index in [9.17, 15) is 9.59 Å². The average molecular weight is 409 g/mol. The van der Waals surface area contributed by atoms with E-state index in [0.717, 1.165) is 22.2 Å². The topological polar surface area (TPSA) is 58.6 Å². The molecule has 1 N–H and O–H groups in total. The Bertz CT molecular complexity index is 902. The van der Waals surface area contributed by atoms with E-state index >= 15 is 0 Å². The van der Waals surface area contributed by atoms with Gasteiger partial charge in [0.15, 0.2) is 0 Å². The van der Waals surface area contributed by atoms with Crippen molar-refractivity contribution in [2.75, 3.05) is 19.1 Å². The fraction of sp³-hybridized carbons (Fsp3) is 0.111. The third kappa shape index (κ3) is 3.98. The summed E-state index contributed by atoms with van der Waals surface area (Å²) in [7, 11) is 1.56. The Labute approximate surface area is 164 Å². The molecule has 2 aromatic rings. The fourth-order valence-electron chi connectivity index (χ4n) is 2.34. The van der Waals surface area contributed by atoms with Crippen LogP contribution in [0.25, 0.3) is 6.08 Å². The number of imide groups is 1. The molecule has 1 fully saturated rings. The molecule has 8 heteroatoms. The van der Waals surface area contributed by atoms with Crippen molar-refractivity contribution in [1.82, 2.24) is 4.90 Å². The van der Waals surface area contributed by atoms with Crippen LogP contribution in [0.1, 0.15) is 5.56 Å². The van der Waals surface area contributed by atoms with Gasteiger partial charge in [0, 0.05) is 11.3 Å². The zero-order valence-electron chi connectivity index (χ0n) is 13.7. The zero-order chi connectivity index (χ0) is 18.7. The molecule has 1 heterocycles. The number of carbonyl (C=O) groups is 2. The van der Waals surface area contributed by atoms with Gasteiger partial charge >= 0.3 is 0 Å². The smallest absolute Gasteiger partial charge is 0.295 e. The monoisotopic (exact) mass is 408 g/mol. The Morgan fingerprint density at radius 2 is 1.92 bits per heavy atom. The number of ether oxygens (including phenoxy) is 1. The van der Waals surface area contributed by atoms with Crippen LogP contribution < -0.4 is 10.1 Å². The molecule has 3 rings (SSSR count). The molecule has 26 heavy (non-hydrogen) atoms. The second-order valence-electron chi connectivity index (χ2n) is 5.32. The largest absolute Gasteiger partial charge is 0.496 e. The highest BCUT2D eigenvalue weighted by Gasteiger charge is 2.35. The van der Waals surface area contributed by atoms with Gasteiger partial charge < -0.3 is 10.1 Å². The number of hydrogen-bond donors (Lipinski definition) is 1. The Morgan fingerprint density at radius 3 is 2.65 bits per heavy atom. The van der Waals surface area contributed by atoms with Gasteiger partial charge in [-0.25, -0.2) is 0 Å². The summed E-state index contributed by atoms with van der Waals surface area (Å²) in [6, 6.07) is 12.3. The molecule has 0 bridgehead atoms. The summed E-state index contributed by atoms with van der Waals surface area (Å²) >= 11 is 12.7. The van der Waals surface area contributed by atoms with Crippen LogP contribution in [-0.4, -0.2) is 29.8 Å². The van der Waals surface area contributed by atoms with E-state index in [1.807, 2.05) is 18.2 Å². The van der Waals surface area contributed by atoms with E-state index in [1.54, 1.807) is 37.5 Å². The van der Waals surface area contributed by atoms with Crippen LogP contribution in [-0.2, 0) is 4.79 Å². The number of methoxy groups -OCH3 is 1. The first-order valence-corrected chi connectivity index (χ1v) is 9.14. The molecular formula is C18H14Cl2N2O3S. The van der Waals surface area contributed by atoms with Crippen LogP contribution in [0.3, 0.4) is 0 Å². The van der Waals surface area contributed by atoms with Gasteiger partial charge in [-0.05, 0) is 42.1 Å². The SMILES string of the molecule is COc1ccccc1/C=C1\SC(=O)N(CNc2ccc(Cl)c(Cl)c2)C1=O. The predicted octanol–water partition coefficient (Wildman–Crippen LogP) is 5.11. The number of carbonyl (C=O) groups excluding carboxylic acids is 2. The molecule has 2 aromatic carbocycles. The normalized spacial score (nSPS) is 15.7. The summed E-state index contributed by atoms with van der Waals surface area (Å²) in [5, 5.41) is 3.48. The van der Waals surface area contributed by atoms with E-state index in [1.165, 1.54) is 0 Å². The molecule has 1 saturated heterocycles. The molecule has 134 valence electrons. The molecule has 0 aliphatic carbocycles. The summed E-state index contributed by atoms with van der Waals surface area (Å²) in [5.74, 6) is 0.270. The molecule has 0 radical (unpaired) electrons. The second-order valence-corrected chi connectivity index (χ2v) is 7.12. The number of anilines is 1. The van der Waals surface area contributed by atoms with Crippen molar-refractivity contribution >= 4 is 57.9 Å². The quantitative estimate of drug-likeness (QED) is 0.696. The summed E-state index contributed by atoms with van der Waals surface area (Å²) in [6.45, 7) is 0.0336. The standard InChI is InChI=1S/C18H14Cl2N2O3S/c1-25-15-5-3-2-4-11(15)8-16-17(23)22(18(24)26-16)10-21-12-6-7-13(19)14(20)9-12/h2-9,21H,10H2,1H3/b16-8-. The molecule has 0 aromatic heterocycles. The zero-order valence-corrected chi connectivity index (χ0v) is 16.0. The third-order valence-corrected chi connectivity index (χ3v) is 5.31. The Morgan fingerprint density at radius 1 is 1.15 bits per heavy atom. The molecule has 0 atom stereocenters. The Kier molecular flexibility index (Phi) is 5.76. The van der Waals surface area contributed by atoms with Gasteiger partial charge in [0.2, 0.25) is 0 Å². The average Bonchev–Trinajstić information content (AvgIpc) is 2.90. The summed E-state index contributed by atoms with van der Waals surface area (Å²) < 4.78 is 5.27. The van der Waals surface area contributed by atoms with Crippen molar-refractivity contribution in [1.29, 1.82) is 0 Å². The minimum Gasteiger partial charge on any atom is -0.496 e. The van der Waals surface area contributed by atoms with E-state index in [4.69, 9.17) is 27.9 Å². The molecule has 2 amide bonds. The van der Waals surface area contributed by atoms with Crippen LogP contribution in [0.5, 0.6) is 5.75 Å². The van der Waals surface area contributed by atoms with Crippen LogP contribution in [0.15, 0.2) is 47.4 Å². The molecule has 0 unspecified atom stereocenters. The van der Waals surface area contributed by atoms with Gasteiger partial charge in [-0.3, -0.25) is 14.5 Å². The van der Waals surface area contributed by atoms with Crippen molar-refractivity contribution < 1.29 is 14.3 Å². The van der Waals surface area contributed by atoms with Crippen molar-refractivity contribution in [3.8, 4) is 5.75 Å². The van der Waals surface area contributed by atoms with Crippen molar-refractivity contribution in [3.63, 3.8) is 0 Å². The number of amides is 2. The van der Waals surface area contributed by atoms with Crippen molar-refractivity contribution in [2.45, 2.75) is 0 Å². The van der Waals surface area contributed by atoms with Crippen molar-refractivity contribution in [3.05, 3.63) is 63.0 Å². The van der Waals surface area contributed by atoms with Gasteiger partial charge in [0.05, 0.1) is 28.7 Å². The van der Waals surface area contributed by atoms with Gasteiger partial charge in [0.25, 0.3) is 11.1 Å². The molecule has 1 aliphatic heterocycles. The second kappa shape index (κ2) is 8.03. The lowest BCUT2D eigenvalue weighted by Gasteiger charge is -2.14. The number of rotatable bonds is 5. The van der Waals surface area contributed by atoms with E-state index < -0.39 is 0 Å². The minimum atomic E-state index is -0.363. The lowest BCUT2D eigenvalue weighted by atomic mass is 10.2. The Hall–Kier alpha value is -2.15. The minimum absolute atomic E-state index is 0.0336. The first kappa shape index (κ1) is 18.6. The van der Waals surface area contributed by atoms with E-state index in [0.29, 0.717) is 26.4 Å². The number of nitrogens with one attached hydrogen (secondary N) is 1. The van der Waals surface area contributed by atoms with E-state index in [-0.39, 0.29) is 17.8 Å². The maximum atomic E-state index is 12.6. The van der Waals surface area contributed by atoms with Gasteiger partial charge in [-0.2, -0.15) is 0 Å². The third-order valence-electron chi connectivity index (χ3n) is 3.66. The van der Waals surface area contributed by atoms with E-state index in [2.05, 4.69) is 5.32 Å². The maximum Gasteiger partial charge on any atom is 0.295 e. The van der Waals surface area contributed by atoms with Crippen LogP contribution in [0, 0.1) is 0 Å². The lowest BCUT2D eigenvalue weighted by molar-refractivity contribution is -0.122. The first-order valence-electron chi connectivity index (χ1n) is 7.57. The highest BCUT2D eigenvalue weighted by atomic mass is 35.5. The highest BCUT2D eigenvalue weighted by molar-refractivity contribution is 8.18. The number of hydrogen-bond acceptors (Lipinski definition) is 5. The van der Waals surface area contributed by atoms with Crippen LogP contribution >= 0.6 is 35.0 Å². The summed E-state index contributed by atoms with van der Waals surface area (Å²) in [6.07, 6.45) is 1.66. The number of halogens is 2. The molecular weight excluding hydrogens is 395 g/mol. The highest BCUT2D eigenvalue weighted by Crippen LogP contribution is 2.34.